The van der Waals surface area contributed by atoms with E-state index < -0.39 is 17.7 Å². The molecule has 1 saturated heterocycles. The Morgan fingerprint density at radius 2 is 1.62 bits per heavy atom. The van der Waals surface area contributed by atoms with Gasteiger partial charge in [0.15, 0.2) is 5.11 Å². The van der Waals surface area contributed by atoms with Crippen LogP contribution < -0.4 is 15.0 Å². The Bertz CT molecular complexity index is 1540. The number of thiocarbonyl (C=S) groups is 1. The van der Waals surface area contributed by atoms with E-state index in [4.69, 9.17) is 51.8 Å². The molecule has 0 aromatic heterocycles. The molecule has 4 aromatic carbocycles. The monoisotopic (exact) mass is 568 g/mol. The fourth-order valence-corrected chi connectivity index (χ4v) is 5.18. The summed E-state index contributed by atoms with van der Waals surface area (Å²) in [6, 6.07) is 23.4. The first-order valence-electron chi connectivity index (χ1n) is 11.3. The number of benzene rings is 4. The number of hydrogen-bond acceptors (Lipinski definition) is 4. The molecule has 1 N–H and O–H groups in total. The minimum absolute atomic E-state index is 0.0281. The van der Waals surface area contributed by atoms with Crippen LogP contribution in [-0.4, -0.2) is 16.9 Å². The Labute approximate surface area is 233 Å². The van der Waals surface area contributed by atoms with Crippen LogP contribution in [0.3, 0.4) is 0 Å². The highest BCUT2D eigenvalue weighted by Gasteiger charge is 2.40. The van der Waals surface area contributed by atoms with Gasteiger partial charge in [-0.3, -0.25) is 14.5 Å². The van der Waals surface area contributed by atoms with Gasteiger partial charge >= 0.3 is 0 Å². The highest BCUT2D eigenvalue weighted by Crippen LogP contribution is 2.34. The summed E-state index contributed by atoms with van der Waals surface area (Å²) in [6.07, 6.45) is 0.113. The number of carbonyl (C=O) groups excluding carboxylic acids is 2. The Balaban J connectivity index is 1.50. The molecule has 0 bridgehead atoms. The summed E-state index contributed by atoms with van der Waals surface area (Å²) in [7, 11) is 0. The predicted octanol–water partition coefficient (Wildman–Crippen LogP) is 6.99. The number of fused-ring (bicyclic) bond motifs is 1. The predicted molar refractivity (Wildman–Crippen MR) is 152 cm³/mol. The van der Waals surface area contributed by atoms with Gasteiger partial charge < -0.3 is 10.1 Å². The fraction of sp³-hybridized carbons (Fsp3) is 0.107. The molecule has 1 fully saturated rings. The topological polar surface area (TPSA) is 58.6 Å². The second-order valence-corrected chi connectivity index (χ2v) is 10.2. The van der Waals surface area contributed by atoms with Crippen molar-refractivity contribution in [2.75, 3.05) is 4.90 Å². The summed E-state index contributed by atoms with van der Waals surface area (Å²) in [5, 5.41) is 6.10. The average molecular weight is 570 g/mol. The Morgan fingerprint density at radius 1 is 0.892 bits per heavy atom. The van der Waals surface area contributed by atoms with Crippen LogP contribution in [-0.2, 0) is 22.6 Å². The summed E-state index contributed by atoms with van der Waals surface area (Å²) in [5.74, 6) is -1.35. The highest BCUT2D eigenvalue weighted by molar-refractivity contribution is 7.80. The van der Waals surface area contributed by atoms with Crippen LogP contribution >= 0.6 is 47.0 Å². The molecule has 5 rings (SSSR count). The van der Waals surface area contributed by atoms with Gasteiger partial charge in [-0.05, 0) is 71.9 Å². The molecule has 0 radical (unpaired) electrons. The van der Waals surface area contributed by atoms with E-state index in [1.807, 2.05) is 36.4 Å². The lowest BCUT2D eigenvalue weighted by molar-refractivity contribution is -0.133. The molecule has 1 aliphatic heterocycles. The lowest BCUT2D eigenvalue weighted by atomic mass is 9.91. The number of carbonyl (C=O) groups is 2. The van der Waals surface area contributed by atoms with Crippen molar-refractivity contribution in [1.29, 1.82) is 0 Å². The van der Waals surface area contributed by atoms with Crippen LogP contribution in [0.1, 0.15) is 11.1 Å². The summed E-state index contributed by atoms with van der Waals surface area (Å²) in [4.78, 5) is 28.0. The zero-order valence-electron chi connectivity index (χ0n) is 19.2. The molecular weight excluding hydrogens is 551 g/mol. The van der Waals surface area contributed by atoms with Crippen LogP contribution in [0.25, 0.3) is 10.8 Å². The van der Waals surface area contributed by atoms with Gasteiger partial charge in [0.1, 0.15) is 18.3 Å². The number of amides is 2. The molecule has 2 amide bonds. The molecule has 0 saturated carbocycles. The third kappa shape index (κ3) is 5.29. The highest BCUT2D eigenvalue weighted by atomic mass is 35.5. The van der Waals surface area contributed by atoms with Gasteiger partial charge in [0.2, 0.25) is 11.8 Å². The number of hydrogen-bond donors (Lipinski definition) is 1. The van der Waals surface area contributed by atoms with Crippen molar-refractivity contribution in [2.24, 2.45) is 5.92 Å². The van der Waals surface area contributed by atoms with Crippen molar-refractivity contribution in [2.45, 2.75) is 13.0 Å². The molecular formula is C28H19Cl3N2O3S. The first-order chi connectivity index (χ1) is 17.8. The van der Waals surface area contributed by atoms with E-state index >= 15 is 0 Å². The van der Waals surface area contributed by atoms with Crippen molar-refractivity contribution in [3.05, 3.63) is 105 Å². The molecule has 9 heteroatoms. The van der Waals surface area contributed by atoms with Crippen molar-refractivity contribution in [3.8, 4) is 5.75 Å². The number of anilines is 1. The maximum atomic E-state index is 13.6. The first kappa shape index (κ1) is 25.5. The molecule has 37 heavy (non-hydrogen) atoms. The van der Waals surface area contributed by atoms with Gasteiger partial charge in [0.05, 0.1) is 5.69 Å². The van der Waals surface area contributed by atoms with Gasteiger partial charge in [0, 0.05) is 26.2 Å². The summed E-state index contributed by atoms with van der Waals surface area (Å²) >= 11 is 23.7. The van der Waals surface area contributed by atoms with Crippen molar-refractivity contribution in [3.63, 3.8) is 0 Å². The number of nitrogens with zero attached hydrogens (tertiary/aromatic N) is 1. The normalized spacial score (nSPS) is 15.7. The molecule has 1 heterocycles. The van der Waals surface area contributed by atoms with Gasteiger partial charge in [-0.15, -0.1) is 0 Å². The Morgan fingerprint density at radius 3 is 2.38 bits per heavy atom. The van der Waals surface area contributed by atoms with Gasteiger partial charge in [-0.2, -0.15) is 0 Å². The van der Waals surface area contributed by atoms with E-state index in [-0.39, 0.29) is 18.1 Å². The number of ether oxygens (including phenoxy) is 1. The summed E-state index contributed by atoms with van der Waals surface area (Å²) < 4.78 is 6.19. The van der Waals surface area contributed by atoms with Crippen LogP contribution in [0.15, 0.2) is 78.9 Å². The van der Waals surface area contributed by atoms with E-state index in [0.29, 0.717) is 26.5 Å². The maximum Gasteiger partial charge on any atom is 0.246 e. The molecule has 1 aliphatic rings. The minimum atomic E-state index is -1.02. The van der Waals surface area contributed by atoms with Crippen LogP contribution in [0.2, 0.25) is 15.1 Å². The summed E-state index contributed by atoms with van der Waals surface area (Å²) in [5.41, 5.74) is 2.02. The molecule has 0 aliphatic carbocycles. The Hall–Kier alpha value is -3.16. The standard InChI is InChI=1S/C28H19Cl3N2O3S/c29-18-8-10-20(11-9-18)33-27(35)23(26(34)32-28(33)37)14-22-21-4-2-1-3-16(21)6-12-25(22)36-15-17-5-7-19(30)13-24(17)31/h1-13,23H,14-15H2,(H,32,34,37). The number of rotatable bonds is 6. The number of halogens is 3. The number of nitrogens with one attached hydrogen (secondary N) is 1. The zero-order chi connectivity index (χ0) is 26.1. The lowest BCUT2D eigenvalue weighted by Crippen LogP contribution is -2.58. The van der Waals surface area contributed by atoms with Crippen molar-refractivity contribution >= 4 is 80.4 Å². The second-order valence-electron chi connectivity index (χ2n) is 8.49. The molecule has 0 spiro atoms. The minimum Gasteiger partial charge on any atom is -0.489 e. The van der Waals surface area contributed by atoms with E-state index in [0.717, 1.165) is 21.9 Å². The van der Waals surface area contributed by atoms with E-state index in [2.05, 4.69) is 5.32 Å². The molecule has 1 unspecified atom stereocenters. The average Bonchev–Trinajstić information content (AvgIpc) is 2.87. The SMILES string of the molecule is O=C1NC(=S)N(c2ccc(Cl)cc2)C(=O)C1Cc1c(OCc2ccc(Cl)cc2Cl)ccc2ccccc12. The second kappa shape index (κ2) is 10.7. The lowest BCUT2D eigenvalue weighted by Gasteiger charge is -2.32. The van der Waals surface area contributed by atoms with E-state index in [1.165, 1.54) is 4.90 Å². The molecule has 1 atom stereocenters. The quantitative estimate of drug-likeness (QED) is 0.201. The largest absolute Gasteiger partial charge is 0.489 e. The van der Waals surface area contributed by atoms with Gasteiger partial charge in [0.25, 0.3) is 0 Å². The third-order valence-corrected chi connectivity index (χ3v) is 7.28. The fourth-order valence-electron chi connectivity index (χ4n) is 4.29. The van der Waals surface area contributed by atoms with Crippen LogP contribution in [0.4, 0.5) is 5.69 Å². The zero-order valence-corrected chi connectivity index (χ0v) is 22.3. The molecule has 5 nitrogen and oxygen atoms in total. The van der Waals surface area contributed by atoms with Gasteiger partial charge in [-0.25, -0.2) is 0 Å². The van der Waals surface area contributed by atoms with E-state index in [9.17, 15) is 9.59 Å². The molecule has 186 valence electrons. The van der Waals surface area contributed by atoms with Crippen LogP contribution in [0.5, 0.6) is 5.75 Å². The van der Waals surface area contributed by atoms with E-state index in [1.54, 1.807) is 42.5 Å². The third-order valence-electron chi connectivity index (χ3n) is 6.16. The van der Waals surface area contributed by atoms with Gasteiger partial charge in [-0.1, -0.05) is 71.2 Å². The molecule has 4 aromatic rings. The Kier molecular flexibility index (Phi) is 7.36. The van der Waals surface area contributed by atoms with Crippen molar-refractivity contribution in [1.82, 2.24) is 5.32 Å². The first-order valence-corrected chi connectivity index (χ1v) is 12.9. The smallest absolute Gasteiger partial charge is 0.246 e. The summed E-state index contributed by atoms with van der Waals surface area (Å²) in [6.45, 7) is 0.188. The van der Waals surface area contributed by atoms with Crippen LogP contribution in [0, 0.1) is 5.92 Å². The maximum absolute atomic E-state index is 13.6. The van der Waals surface area contributed by atoms with Crippen molar-refractivity contribution < 1.29 is 14.3 Å².